The first-order valence-electron chi connectivity index (χ1n) is 8.68. The number of hydrogen-bond acceptors (Lipinski definition) is 3. The fraction of sp³-hybridized carbons (Fsp3) is 0.190. The van der Waals surface area contributed by atoms with Crippen LogP contribution in [0.15, 0.2) is 48.8 Å². The second-order valence-electron chi connectivity index (χ2n) is 6.72. The molecule has 136 valence electrons. The van der Waals surface area contributed by atoms with E-state index in [4.69, 9.17) is 0 Å². The maximum atomic E-state index is 14.4. The number of hydrogen-bond donors (Lipinski definition) is 2. The average molecular weight is 364 g/mol. The molecule has 4 rings (SSSR count). The fourth-order valence-corrected chi connectivity index (χ4v) is 3.69. The molecule has 0 aliphatic heterocycles. The maximum Gasteiger partial charge on any atom is 0.307 e. The molecule has 0 radical (unpaired) electrons. The molecule has 0 unspecified atom stereocenters. The maximum absolute atomic E-state index is 14.4. The van der Waals surface area contributed by atoms with E-state index in [0.717, 1.165) is 11.8 Å². The molecule has 2 aromatic heterocycles. The zero-order valence-electron chi connectivity index (χ0n) is 14.4. The Kier molecular flexibility index (Phi) is 4.32. The summed E-state index contributed by atoms with van der Waals surface area (Å²) in [6.07, 6.45) is 3.26. The normalized spacial score (nSPS) is 16.2. The Bertz CT molecular complexity index is 1030. The molecule has 0 saturated carbocycles. The van der Waals surface area contributed by atoms with Crippen molar-refractivity contribution in [2.24, 2.45) is 5.92 Å². The largest absolute Gasteiger partial charge is 0.481 e. The summed E-state index contributed by atoms with van der Waals surface area (Å²) in [4.78, 5) is 31.1. The van der Waals surface area contributed by atoms with Crippen LogP contribution < -0.4 is 0 Å². The number of fused-ring (bicyclic) bond motifs is 1. The average Bonchev–Trinajstić information content (AvgIpc) is 3.01. The second-order valence-corrected chi connectivity index (χ2v) is 6.72. The molecule has 2 heterocycles. The molecule has 1 aliphatic carbocycles. The van der Waals surface area contributed by atoms with Crippen LogP contribution in [0.25, 0.3) is 11.3 Å². The standard InChI is InChI=1S/C21H17FN2O3/c22-16-11-23-7-6-14(16)20-15(8-12-4-2-1-3-5-12)19-17(24-20)9-13(21(26)27)10-18(19)25/h1-7,11,13,24H,8-10H2,(H,26,27)/t13-/m0/s1. The van der Waals surface area contributed by atoms with Crippen molar-refractivity contribution in [2.45, 2.75) is 19.3 Å². The monoisotopic (exact) mass is 364 g/mol. The van der Waals surface area contributed by atoms with Crippen molar-refractivity contribution in [3.8, 4) is 11.3 Å². The van der Waals surface area contributed by atoms with Gasteiger partial charge in [0.05, 0.1) is 17.8 Å². The Morgan fingerprint density at radius 2 is 2.00 bits per heavy atom. The van der Waals surface area contributed by atoms with E-state index in [1.165, 1.54) is 6.20 Å². The van der Waals surface area contributed by atoms with Crippen molar-refractivity contribution in [2.75, 3.05) is 0 Å². The minimum absolute atomic E-state index is 0.0414. The number of nitrogens with zero attached hydrogens (tertiary/aromatic N) is 1. The first-order valence-corrected chi connectivity index (χ1v) is 8.68. The number of aromatic nitrogens is 2. The third kappa shape index (κ3) is 3.14. The van der Waals surface area contributed by atoms with Gasteiger partial charge >= 0.3 is 5.97 Å². The van der Waals surface area contributed by atoms with E-state index in [1.54, 1.807) is 6.07 Å². The molecule has 0 saturated heterocycles. The number of carbonyl (C=O) groups is 2. The Balaban J connectivity index is 1.88. The van der Waals surface area contributed by atoms with E-state index in [2.05, 4.69) is 9.97 Å². The third-order valence-corrected chi connectivity index (χ3v) is 4.96. The molecule has 0 amide bonds. The molecule has 6 heteroatoms. The Morgan fingerprint density at radius 3 is 2.70 bits per heavy atom. The molecule has 5 nitrogen and oxygen atoms in total. The third-order valence-electron chi connectivity index (χ3n) is 4.96. The van der Waals surface area contributed by atoms with E-state index >= 15 is 0 Å². The first-order chi connectivity index (χ1) is 13.0. The van der Waals surface area contributed by atoms with Gasteiger partial charge in [0.15, 0.2) is 11.6 Å². The van der Waals surface area contributed by atoms with Crippen molar-refractivity contribution in [1.82, 2.24) is 9.97 Å². The number of aliphatic carboxylic acids is 1. The minimum atomic E-state index is -0.996. The summed E-state index contributed by atoms with van der Waals surface area (Å²) in [6, 6.07) is 11.2. The number of halogens is 1. The topological polar surface area (TPSA) is 83.0 Å². The quantitative estimate of drug-likeness (QED) is 0.740. The van der Waals surface area contributed by atoms with E-state index in [1.807, 2.05) is 30.3 Å². The zero-order valence-corrected chi connectivity index (χ0v) is 14.4. The molecule has 1 aliphatic rings. The summed E-state index contributed by atoms with van der Waals surface area (Å²) in [5.74, 6) is -2.47. The number of carboxylic acid groups (broad SMARTS) is 1. The van der Waals surface area contributed by atoms with Crippen molar-refractivity contribution in [3.63, 3.8) is 0 Å². The van der Waals surface area contributed by atoms with E-state index in [0.29, 0.717) is 34.5 Å². The van der Waals surface area contributed by atoms with Crippen LogP contribution in [0.3, 0.4) is 0 Å². The van der Waals surface area contributed by atoms with Gasteiger partial charge in [0.25, 0.3) is 0 Å². The van der Waals surface area contributed by atoms with Gasteiger partial charge < -0.3 is 10.1 Å². The molecule has 1 atom stereocenters. The predicted molar refractivity (Wildman–Crippen MR) is 97.0 cm³/mol. The van der Waals surface area contributed by atoms with Crippen LogP contribution >= 0.6 is 0 Å². The van der Waals surface area contributed by atoms with E-state index in [9.17, 15) is 19.1 Å². The van der Waals surface area contributed by atoms with Crippen molar-refractivity contribution in [1.29, 1.82) is 0 Å². The number of ketones is 1. The summed E-state index contributed by atoms with van der Waals surface area (Å²) in [6.45, 7) is 0. The van der Waals surface area contributed by atoms with Crippen LogP contribution in [0.1, 0.15) is 33.6 Å². The van der Waals surface area contributed by atoms with Crippen molar-refractivity contribution >= 4 is 11.8 Å². The lowest BCUT2D eigenvalue weighted by Gasteiger charge is -2.18. The van der Waals surface area contributed by atoms with Gasteiger partial charge in [0.2, 0.25) is 0 Å². The van der Waals surface area contributed by atoms with Gasteiger partial charge in [0, 0.05) is 42.3 Å². The molecule has 1 aromatic carbocycles. The van der Waals surface area contributed by atoms with E-state index < -0.39 is 17.7 Å². The molecular formula is C21H17FN2O3. The van der Waals surface area contributed by atoms with Gasteiger partial charge in [-0.25, -0.2) is 4.39 Å². The summed E-state index contributed by atoms with van der Waals surface area (Å²) in [7, 11) is 0. The van der Waals surface area contributed by atoms with Crippen LogP contribution in [-0.4, -0.2) is 26.8 Å². The Labute approximate surface area is 154 Å². The van der Waals surface area contributed by atoms with Crippen LogP contribution in [0, 0.1) is 11.7 Å². The molecule has 27 heavy (non-hydrogen) atoms. The second kappa shape index (κ2) is 6.79. The number of carboxylic acids is 1. The lowest BCUT2D eigenvalue weighted by Crippen LogP contribution is -2.26. The number of nitrogens with one attached hydrogen (secondary N) is 1. The molecule has 0 spiro atoms. The fourth-order valence-electron chi connectivity index (χ4n) is 3.69. The lowest BCUT2D eigenvalue weighted by atomic mass is 9.84. The number of pyridine rings is 1. The molecular weight excluding hydrogens is 347 g/mol. The molecule has 2 N–H and O–H groups in total. The number of carbonyl (C=O) groups excluding carboxylic acids is 1. The van der Waals surface area contributed by atoms with Crippen molar-refractivity contribution in [3.05, 3.63) is 77.0 Å². The highest BCUT2D eigenvalue weighted by Crippen LogP contribution is 2.36. The summed E-state index contributed by atoms with van der Waals surface area (Å²) in [5.41, 5.74) is 3.60. The van der Waals surface area contributed by atoms with Crippen LogP contribution in [0.2, 0.25) is 0 Å². The Hall–Kier alpha value is -3.28. The minimum Gasteiger partial charge on any atom is -0.481 e. The highest BCUT2D eigenvalue weighted by Gasteiger charge is 2.34. The number of aromatic amines is 1. The zero-order chi connectivity index (χ0) is 19.0. The summed E-state index contributed by atoms with van der Waals surface area (Å²) < 4.78 is 14.4. The highest BCUT2D eigenvalue weighted by molar-refractivity contribution is 6.03. The molecule has 0 fully saturated rings. The highest BCUT2D eigenvalue weighted by atomic mass is 19.1. The van der Waals surface area contributed by atoms with Crippen LogP contribution in [0.5, 0.6) is 0 Å². The molecule has 0 bridgehead atoms. The SMILES string of the molecule is O=C1C[C@@H](C(=O)O)Cc2[nH]c(-c3ccncc3F)c(Cc3ccccc3)c21. The number of H-pyrrole nitrogens is 1. The van der Waals surface area contributed by atoms with E-state index in [-0.39, 0.29) is 18.6 Å². The van der Waals surface area contributed by atoms with Gasteiger partial charge in [-0.3, -0.25) is 14.6 Å². The lowest BCUT2D eigenvalue weighted by molar-refractivity contribution is -0.141. The smallest absolute Gasteiger partial charge is 0.307 e. The number of Topliss-reactive ketones (excluding diaryl/α,β-unsaturated/α-hetero) is 1. The van der Waals surface area contributed by atoms with Crippen LogP contribution in [-0.2, 0) is 17.6 Å². The van der Waals surface area contributed by atoms with Crippen molar-refractivity contribution < 1.29 is 19.1 Å². The first kappa shape index (κ1) is 17.1. The van der Waals surface area contributed by atoms with Gasteiger partial charge in [-0.2, -0.15) is 0 Å². The van der Waals surface area contributed by atoms with Gasteiger partial charge in [-0.15, -0.1) is 0 Å². The number of benzene rings is 1. The molecule has 3 aromatic rings. The van der Waals surface area contributed by atoms with Gasteiger partial charge in [-0.05, 0) is 17.2 Å². The van der Waals surface area contributed by atoms with Gasteiger partial charge in [-0.1, -0.05) is 30.3 Å². The van der Waals surface area contributed by atoms with Gasteiger partial charge in [0.1, 0.15) is 0 Å². The number of rotatable bonds is 4. The van der Waals surface area contributed by atoms with Crippen LogP contribution in [0.4, 0.5) is 4.39 Å². The summed E-state index contributed by atoms with van der Waals surface area (Å²) >= 11 is 0. The predicted octanol–water partition coefficient (Wildman–Crippen LogP) is 3.64. The Morgan fingerprint density at radius 1 is 1.22 bits per heavy atom. The summed E-state index contributed by atoms with van der Waals surface area (Å²) in [5, 5.41) is 9.32.